The summed E-state index contributed by atoms with van der Waals surface area (Å²) in [6.45, 7) is -1.44. The van der Waals surface area contributed by atoms with Crippen LogP contribution in [0.2, 0.25) is 0 Å². The van der Waals surface area contributed by atoms with Crippen LogP contribution in [-0.4, -0.2) is 58.2 Å². The van der Waals surface area contributed by atoms with Gasteiger partial charge in [-0.1, -0.05) is 0 Å². The van der Waals surface area contributed by atoms with Gasteiger partial charge in [0.2, 0.25) is 0 Å². The number of rotatable bonds is 9. The zero-order valence-corrected chi connectivity index (χ0v) is 17.4. The van der Waals surface area contributed by atoms with Gasteiger partial charge in [0.25, 0.3) is 0 Å². The van der Waals surface area contributed by atoms with Crippen LogP contribution in [0.5, 0.6) is 0 Å². The highest BCUT2D eigenvalue weighted by atomic mass is 31.3. The minimum absolute atomic E-state index is 0.101. The molecular formula is C10H18N3O14P3. The summed E-state index contributed by atoms with van der Waals surface area (Å²) in [6, 6.07) is 0. The predicted molar refractivity (Wildman–Crippen MR) is 93.2 cm³/mol. The van der Waals surface area contributed by atoms with Gasteiger partial charge in [-0.15, -0.1) is 0 Å². The average molecular weight is 497 g/mol. The lowest BCUT2D eigenvalue weighted by atomic mass is 10.2. The van der Waals surface area contributed by atoms with E-state index in [4.69, 9.17) is 25.2 Å². The molecule has 0 bridgehead atoms. The van der Waals surface area contributed by atoms with Crippen molar-refractivity contribution in [2.24, 2.45) is 0 Å². The zero-order chi connectivity index (χ0) is 22.9. The summed E-state index contributed by atoms with van der Waals surface area (Å²) < 4.78 is 51.3. The summed E-state index contributed by atoms with van der Waals surface area (Å²) in [7, 11) is -16.6. The number of nitrogen functional groups attached to an aromatic ring is 1. The van der Waals surface area contributed by atoms with Gasteiger partial charge >= 0.3 is 29.2 Å². The summed E-state index contributed by atoms with van der Waals surface area (Å²) in [4.78, 5) is 50.8. The Labute approximate surface area is 167 Å². The Hall–Kier alpha value is -1.03. The van der Waals surface area contributed by atoms with Crippen LogP contribution in [0.1, 0.15) is 18.2 Å². The molecule has 0 radical (unpaired) electrons. The third kappa shape index (κ3) is 7.00. The Kier molecular flexibility index (Phi) is 7.76. The van der Waals surface area contributed by atoms with Crippen molar-refractivity contribution in [3.8, 4) is 0 Å². The van der Waals surface area contributed by atoms with Crippen LogP contribution >= 0.6 is 23.5 Å². The molecule has 17 nitrogen and oxygen atoms in total. The van der Waals surface area contributed by atoms with E-state index in [1.165, 1.54) is 0 Å². The Balaban J connectivity index is 2.04. The molecule has 20 heteroatoms. The molecule has 0 amide bonds. The number of ether oxygens (including phenoxy) is 1. The quantitative estimate of drug-likeness (QED) is 0.187. The number of hydrogen-bond acceptors (Lipinski definition) is 12. The average Bonchev–Trinajstić information content (AvgIpc) is 2.90. The van der Waals surface area contributed by atoms with E-state index in [9.17, 15) is 33.6 Å². The van der Waals surface area contributed by atoms with E-state index in [1.807, 2.05) is 0 Å². The number of hydrogen-bond donors (Lipinski definition) is 7. The Bertz CT molecular complexity index is 976. The molecule has 3 unspecified atom stereocenters. The molecule has 2 heterocycles. The molecule has 2 rings (SSSR count). The molecule has 1 aromatic rings. The van der Waals surface area contributed by atoms with Gasteiger partial charge in [-0.05, 0) is 0 Å². The van der Waals surface area contributed by atoms with E-state index in [1.54, 1.807) is 0 Å². The minimum Gasteiger partial charge on any atom is -0.391 e. The van der Waals surface area contributed by atoms with Crippen molar-refractivity contribution in [1.29, 1.82) is 0 Å². The zero-order valence-electron chi connectivity index (χ0n) is 14.7. The largest absolute Gasteiger partial charge is 0.490 e. The molecule has 1 aliphatic heterocycles. The molecule has 1 saturated heterocycles. The van der Waals surface area contributed by atoms with Gasteiger partial charge in [-0.3, -0.25) is 9.09 Å². The number of nitrogens with two attached hydrogens (primary N) is 1. The van der Waals surface area contributed by atoms with E-state index in [2.05, 4.69) is 18.1 Å². The highest BCUT2D eigenvalue weighted by Crippen LogP contribution is 2.66. The highest BCUT2D eigenvalue weighted by molar-refractivity contribution is 7.66. The first kappa shape index (κ1) is 25.2. The lowest BCUT2D eigenvalue weighted by molar-refractivity contribution is -0.0450. The molecule has 0 spiro atoms. The summed E-state index contributed by atoms with van der Waals surface area (Å²) in [6.07, 6.45) is -2.86. The number of aromatic nitrogens is 2. The van der Waals surface area contributed by atoms with Crippen molar-refractivity contribution in [2.45, 2.75) is 31.5 Å². The molecule has 1 fully saturated rings. The number of aliphatic hydroxyl groups excluding tert-OH is 2. The van der Waals surface area contributed by atoms with Crippen molar-refractivity contribution >= 4 is 29.3 Å². The van der Waals surface area contributed by atoms with Crippen LogP contribution in [0.4, 0.5) is 5.82 Å². The van der Waals surface area contributed by atoms with Crippen molar-refractivity contribution in [1.82, 2.24) is 9.55 Å². The first-order valence-corrected chi connectivity index (χ1v) is 12.2. The molecule has 5 atom stereocenters. The second kappa shape index (κ2) is 9.22. The second-order valence-electron chi connectivity index (χ2n) is 5.82. The number of nitrogens with zero attached hydrogens (tertiary/aromatic N) is 2. The second-order valence-corrected chi connectivity index (χ2v) is 10.2. The molecule has 8 N–H and O–H groups in total. The van der Waals surface area contributed by atoms with Crippen LogP contribution in [-0.2, 0) is 38.2 Å². The fraction of sp³-hybridized carbons (Fsp3) is 0.600. The van der Waals surface area contributed by atoms with Crippen molar-refractivity contribution in [3.63, 3.8) is 0 Å². The molecule has 1 aliphatic rings. The number of anilines is 1. The SMILES string of the molecule is Nc1nc(=O)n([C@H]2C[C@@H](O)C(COP(=O)(O)OP(=O)(O)OP(=O)(O)O)O2)cc1CO. The summed E-state index contributed by atoms with van der Waals surface area (Å²) in [5.74, 6) is -0.207. The molecular weight excluding hydrogens is 479 g/mol. The predicted octanol–water partition coefficient (Wildman–Crippen LogP) is -1.69. The van der Waals surface area contributed by atoms with Gasteiger partial charge in [0.05, 0.1) is 19.3 Å². The fourth-order valence-electron chi connectivity index (χ4n) is 2.36. The van der Waals surface area contributed by atoms with Gasteiger partial charge in [0.15, 0.2) is 0 Å². The third-order valence-electron chi connectivity index (χ3n) is 3.56. The maximum atomic E-state index is 12.0. The van der Waals surface area contributed by atoms with Gasteiger partial charge in [0, 0.05) is 18.2 Å². The van der Waals surface area contributed by atoms with Gasteiger partial charge in [-0.25, -0.2) is 18.5 Å². The summed E-state index contributed by atoms with van der Waals surface area (Å²) in [5.41, 5.74) is 4.70. The van der Waals surface area contributed by atoms with E-state index >= 15 is 0 Å². The van der Waals surface area contributed by atoms with Gasteiger partial charge in [0.1, 0.15) is 18.1 Å². The first-order valence-electron chi connectivity index (χ1n) is 7.73. The summed E-state index contributed by atoms with van der Waals surface area (Å²) in [5, 5.41) is 19.2. The number of aliphatic hydroxyl groups is 2. The van der Waals surface area contributed by atoms with Gasteiger partial charge < -0.3 is 40.3 Å². The number of phosphoric acid groups is 3. The highest BCUT2D eigenvalue weighted by Gasteiger charge is 2.43. The standard InChI is InChI=1S/C10H18N3O14P3/c11-9-5(3-14)2-13(10(16)12-9)8-1-6(15)7(25-8)4-24-29(20,21)27-30(22,23)26-28(17,18)19/h2,6-8,14-15H,1,3-4H2,(H,20,21)(H,22,23)(H2,11,12,16)(H2,17,18,19)/t6-,7?,8-/m1/s1. The normalized spacial score (nSPS) is 26.3. The van der Waals surface area contributed by atoms with E-state index in [0.29, 0.717) is 0 Å². The molecule has 0 aromatic carbocycles. The van der Waals surface area contributed by atoms with E-state index in [-0.39, 0.29) is 17.8 Å². The lowest BCUT2D eigenvalue weighted by Gasteiger charge is -2.19. The Morgan fingerprint density at radius 2 is 1.83 bits per heavy atom. The maximum Gasteiger partial charge on any atom is 0.490 e. The van der Waals surface area contributed by atoms with Crippen LogP contribution < -0.4 is 11.4 Å². The first-order chi connectivity index (χ1) is 13.6. The topological polar surface area (TPSA) is 270 Å². The fourth-order valence-corrected chi connectivity index (χ4v) is 5.39. The van der Waals surface area contributed by atoms with E-state index < -0.39 is 60.8 Å². The van der Waals surface area contributed by atoms with Crippen LogP contribution in [0.25, 0.3) is 0 Å². The number of phosphoric ester groups is 1. The maximum absolute atomic E-state index is 12.0. The smallest absolute Gasteiger partial charge is 0.391 e. The molecule has 172 valence electrons. The van der Waals surface area contributed by atoms with Crippen LogP contribution in [0.15, 0.2) is 11.0 Å². The van der Waals surface area contributed by atoms with Crippen LogP contribution in [0, 0.1) is 0 Å². The van der Waals surface area contributed by atoms with Crippen molar-refractivity contribution < 1.29 is 61.4 Å². The molecule has 0 saturated carbocycles. The van der Waals surface area contributed by atoms with Crippen LogP contribution in [0.3, 0.4) is 0 Å². The van der Waals surface area contributed by atoms with E-state index in [0.717, 1.165) is 10.8 Å². The Morgan fingerprint density at radius 1 is 1.20 bits per heavy atom. The molecule has 30 heavy (non-hydrogen) atoms. The lowest BCUT2D eigenvalue weighted by Crippen LogP contribution is -2.29. The Morgan fingerprint density at radius 3 is 2.40 bits per heavy atom. The minimum atomic E-state index is -5.69. The molecule has 0 aliphatic carbocycles. The van der Waals surface area contributed by atoms with Crippen molar-refractivity contribution in [3.05, 3.63) is 22.2 Å². The monoisotopic (exact) mass is 497 g/mol. The third-order valence-corrected chi connectivity index (χ3v) is 7.37. The molecule has 1 aromatic heterocycles. The van der Waals surface area contributed by atoms with Crippen molar-refractivity contribution in [2.75, 3.05) is 12.3 Å². The van der Waals surface area contributed by atoms with Gasteiger partial charge in [-0.2, -0.15) is 13.6 Å². The summed E-state index contributed by atoms with van der Waals surface area (Å²) >= 11 is 0.